The summed E-state index contributed by atoms with van der Waals surface area (Å²) >= 11 is 0. The second-order valence-corrected chi connectivity index (χ2v) is 5.04. The van der Waals surface area contributed by atoms with Crippen LogP contribution in [0.3, 0.4) is 0 Å². The van der Waals surface area contributed by atoms with E-state index in [9.17, 15) is 4.79 Å². The van der Waals surface area contributed by atoms with Crippen LogP contribution in [0.2, 0.25) is 0 Å². The molecule has 0 amide bonds. The lowest BCUT2D eigenvalue weighted by Crippen LogP contribution is -2.27. The Morgan fingerprint density at radius 1 is 1.20 bits per heavy atom. The third-order valence-electron chi connectivity index (χ3n) is 3.60. The Morgan fingerprint density at radius 2 is 1.90 bits per heavy atom. The zero-order valence-corrected chi connectivity index (χ0v) is 11.4. The molecule has 3 atom stereocenters. The Balaban J connectivity index is 1.59. The third-order valence-corrected chi connectivity index (χ3v) is 3.60. The molecule has 0 N–H and O–H groups in total. The van der Waals surface area contributed by atoms with Crippen molar-refractivity contribution in [3.8, 4) is 0 Å². The molecule has 2 heterocycles. The van der Waals surface area contributed by atoms with Crippen molar-refractivity contribution in [1.29, 1.82) is 0 Å². The molecular formula is C15H18O5. The second kappa shape index (κ2) is 5.91. The fourth-order valence-corrected chi connectivity index (χ4v) is 2.53. The molecule has 2 saturated heterocycles. The van der Waals surface area contributed by atoms with E-state index in [4.69, 9.17) is 18.9 Å². The van der Waals surface area contributed by atoms with Crippen molar-refractivity contribution < 1.29 is 23.7 Å². The van der Waals surface area contributed by atoms with Crippen molar-refractivity contribution in [3.63, 3.8) is 0 Å². The summed E-state index contributed by atoms with van der Waals surface area (Å²) in [6.07, 6.45) is -0.315. The van der Waals surface area contributed by atoms with Gasteiger partial charge in [0, 0.05) is 6.42 Å². The summed E-state index contributed by atoms with van der Waals surface area (Å²) in [6, 6.07) is 8.97. The molecule has 0 spiro atoms. The van der Waals surface area contributed by atoms with Crippen LogP contribution < -0.4 is 0 Å². The van der Waals surface area contributed by atoms with Gasteiger partial charge >= 0.3 is 5.97 Å². The standard InChI is InChI=1S/C15H18O5/c1-10-12(9-13(19-10)15-17-7-8-18-15)20-14(16)11-5-3-2-4-6-11/h2-6,10,12-13,15H,7-9H2,1H3/t10-,12+,13-/m0/s1. The number of benzene rings is 1. The number of rotatable bonds is 3. The topological polar surface area (TPSA) is 54.0 Å². The largest absolute Gasteiger partial charge is 0.456 e. The number of carbonyl (C=O) groups is 1. The van der Waals surface area contributed by atoms with Crippen molar-refractivity contribution in [2.45, 2.75) is 37.9 Å². The molecule has 0 aromatic heterocycles. The van der Waals surface area contributed by atoms with E-state index in [1.165, 1.54) is 0 Å². The normalized spacial score (nSPS) is 30.6. The van der Waals surface area contributed by atoms with Gasteiger partial charge in [-0.15, -0.1) is 0 Å². The van der Waals surface area contributed by atoms with Gasteiger partial charge in [0.05, 0.1) is 24.9 Å². The first kappa shape index (κ1) is 13.5. The van der Waals surface area contributed by atoms with Gasteiger partial charge in [-0.1, -0.05) is 18.2 Å². The van der Waals surface area contributed by atoms with Crippen LogP contribution in [0.5, 0.6) is 0 Å². The van der Waals surface area contributed by atoms with E-state index in [0.717, 1.165) is 0 Å². The van der Waals surface area contributed by atoms with Gasteiger partial charge < -0.3 is 18.9 Å². The van der Waals surface area contributed by atoms with Gasteiger partial charge in [-0.3, -0.25) is 0 Å². The average Bonchev–Trinajstić information content (AvgIpc) is 3.10. The first-order valence-electron chi connectivity index (χ1n) is 6.89. The first-order valence-corrected chi connectivity index (χ1v) is 6.89. The smallest absolute Gasteiger partial charge is 0.338 e. The third kappa shape index (κ3) is 2.85. The Labute approximate surface area is 117 Å². The molecule has 0 bridgehead atoms. The van der Waals surface area contributed by atoms with E-state index in [2.05, 4.69) is 0 Å². The van der Waals surface area contributed by atoms with Crippen LogP contribution in [-0.4, -0.2) is 43.8 Å². The molecule has 2 aliphatic rings. The van der Waals surface area contributed by atoms with Crippen LogP contribution in [0.4, 0.5) is 0 Å². The van der Waals surface area contributed by atoms with Gasteiger partial charge in [-0.25, -0.2) is 4.79 Å². The molecule has 0 radical (unpaired) electrons. The van der Waals surface area contributed by atoms with Crippen LogP contribution in [0, 0.1) is 0 Å². The van der Waals surface area contributed by atoms with E-state index < -0.39 is 0 Å². The summed E-state index contributed by atoms with van der Waals surface area (Å²) in [5.41, 5.74) is 0.552. The number of esters is 1. The number of hydrogen-bond acceptors (Lipinski definition) is 5. The summed E-state index contributed by atoms with van der Waals surface area (Å²) in [4.78, 5) is 12.0. The molecule has 1 aromatic rings. The Hall–Kier alpha value is -1.43. The monoisotopic (exact) mass is 278 g/mol. The predicted molar refractivity (Wildman–Crippen MR) is 70.3 cm³/mol. The Kier molecular flexibility index (Phi) is 4.00. The van der Waals surface area contributed by atoms with Gasteiger partial charge in [0.2, 0.25) is 0 Å². The number of hydrogen-bond donors (Lipinski definition) is 0. The minimum absolute atomic E-state index is 0.152. The molecule has 0 aliphatic carbocycles. The molecule has 108 valence electrons. The summed E-state index contributed by atoms with van der Waals surface area (Å²) in [6.45, 7) is 3.08. The fourth-order valence-electron chi connectivity index (χ4n) is 2.53. The molecule has 3 rings (SSSR count). The molecule has 2 aliphatic heterocycles. The van der Waals surface area contributed by atoms with Crippen LogP contribution in [0.1, 0.15) is 23.7 Å². The van der Waals surface area contributed by atoms with Crippen molar-refractivity contribution in [1.82, 2.24) is 0 Å². The molecule has 2 fully saturated rings. The highest BCUT2D eigenvalue weighted by molar-refractivity contribution is 5.89. The average molecular weight is 278 g/mol. The molecule has 0 saturated carbocycles. The lowest BCUT2D eigenvalue weighted by molar-refractivity contribution is -0.136. The highest BCUT2D eigenvalue weighted by Gasteiger charge is 2.41. The molecule has 0 unspecified atom stereocenters. The lowest BCUT2D eigenvalue weighted by Gasteiger charge is -2.16. The van der Waals surface area contributed by atoms with Gasteiger partial charge in [0.25, 0.3) is 0 Å². The lowest BCUT2D eigenvalue weighted by atomic mass is 10.1. The van der Waals surface area contributed by atoms with Gasteiger partial charge in [-0.2, -0.15) is 0 Å². The van der Waals surface area contributed by atoms with Crippen molar-refractivity contribution in [2.24, 2.45) is 0 Å². The minimum Gasteiger partial charge on any atom is -0.456 e. The molecule has 20 heavy (non-hydrogen) atoms. The highest BCUT2D eigenvalue weighted by Crippen LogP contribution is 2.28. The van der Waals surface area contributed by atoms with Crippen molar-refractivity contribution in [2.75, 3.05) is 13.2 Å². The van der Waals surface area contributed by atoms with Crippen LogP contribution >= 0.6 is 0 Å². The predicted octanol–water partition coefficient (Wildman–Crippen LogP) is 1.76. The van der Waals surface area contributed by atoms with Crippen LogP contribution in [-0.2, 0) is 18.9 Å². The minimum atomic E-state index is -0.335. The maximum absolute atomic E-state index is 12.0. The zero-order chi connectivity index (χ0) is 13.9. The summed E-state index contributed by atoms with van der Waals surface area (Å²) in [7, 11) is 0. The van der Waals surface area contributed by atoms with Gasteiger partial charge in [0.15, 0.2) is 6.29 Å². The maximum Gasteiger partial charge on any atom is 0.338 e. The first-order chi connectivity index (χ1) is 9.74. The summed E-state index contributed by atoms with van der Waals surface area (Å²) in [5.74, 6) is -0.319. The van der Waals surface area contributed by atoms with E-state index in [0.29, 0.717) is 25.2 Å². The number of ether oxygens (including phenoxy) is 4. The highest BCUT2D eigenvalue weighted by atomic mass is 16.7. The summed E-state index contributed by atoms with van der Waals surface area (Å²) in [5, 5.41) is 0. The van der Waals surface area contributed by atoms with Crippen molar-refractivity contribution in [3.05, 3.63) is 35.9 Å². The zero-order valence-electron chi connectivity index (χ0n) is 11.4. The second-order valence-electron chi connectivity index (χ2n) is 5.04. The van der Waals surface area contributed by atoms with Crippen LogP contribution in [0.25, 0.3) is 0 Å². The van der Waals surface area contributed by atoms with E-state index >= 15 is 0 Å². The van der Waals surface area contributed by atoms with Gasteiger partial charge in [0.1, 0.15) is 12.2 Å². The SMILES string of the molecule is C[C@@H]1O[C@H](C2OCCO2)C[C@H]1OC(=O)c1ccccc1. The van der Waals surface area contributed by atoms with E-state index in [-0.39, 0.29) is 30.6 Å². The maximum atomic E-state index is 12.0. The quantitative estimate of drug-likeness (QED) is 0.789. The van der Waals surface area contributed by atoms with Gasteiger partial charge in [-0.05, 0) is 19.1 Å². The Bertz CT molecular complexity index is 455. The molecular weight excluding hydrogens is 260 g/mol. The Morgan fingerprint density at radius 3 is 2.60 bits per heavy atom. The van der Waals surface area contributed by atoms with E-state index in [1.807, 2.05) is 25.1 Å². The van der Waals surface area contributed by atoms with Crippen LogP contribution in [0.15, 0.2) is 30.3 Å². The number of carbonyl (C=O) groups excluding carboxylic acids is 1. The fraction of sp³-hybridized carbons (Fsp3) is 0.533. The summed E-state index contributed by atoms with van der Waals surface area (Å²) < 4.78 is 22.2. The molecule has 5 nitrogen and oxygen atoms in total. The molecule has 5 heteroatoms. The van der Waals surface area contributed by atoms with Crippen molar-refractivity contribution >= 4 is 5.97 Å². The van der Waals surface area contributed by atoms with E-state index in [1.54, 1.807) is 12.1 Å². The molecule has 1 aromatic carbocycles.